The van der Waals surface area contributed by atoms with Crippen LogP contribution < -0.4 is 0 Å². The van der Waals surface area contributed by atoms with Crippen molar-refractivity contribution in [1.29, 1.82) is 0 Å². The number of hydrogen-bond donors (Lipinski definition) is 1. The van der Waals surface area contributed by atoms with E-state index in [0.29, 0.717) is 17.4 Å². The summed E-state index contributed by atoms with van der Waals surface area (Å²) in [6, 6.07) is 0. The van der Waals surface area contributed by atoms with Crippen LogP contribution in [0.15, 0.2) is 18.6 Å². The van der Waals surface area contributed by atoms with E-state index in [9.17, 15) is 0 Å². The maximum atomic E-state index is 4.27. The first kappa shape index (κ1) is 8.87. The standard InChI is InChI=1S/C10H12N4/c1-7(2)3-4-9-11-5-8-10(14-9)13-6-12-8/h3-7H,1-2H3,(H,11,12,13,14). The van der Waals surface area contributed by atoms with Gasteiger partial charge in [0.15, 0.2) is 11.5 Å². The van der Waals surface area contributed by atoms with E-state index in [1.807, 2.05) is 6.08 Å². The molecule has 1 N–H and O–H groups in total. The van der Waals surface area contributed by atoms with Crippen LogP contribution in [-0.2, 0) is 0 Å². The van der Waals surface area contributed by atoms with Crippen LogP contribution in [0.4, 0.5) is 0 Å². The van der Waals surface area contributed by atoms with E-state index >= 15 is 0 Å². The van der Waals surface area contributed by atoms with E-state index in [1.165, 1.54) is 0 Å². The molecule has 0 spiro atoms. The summed E-state index contributed by atoms with van der Waals surface area (Å²) in [5.41, 5.74) is 1.58. The van der Waals surface area contributed by atoms with E-state index < -0.39 is 0 Å². The van der Waals surface area contributed by atoms with Gasteiger partial charge in [-0.1, -0.05) is 19.9 Å². The lowest BCUT2D eigenvalue weighted by Gasteiger charge is -1.94. The number of rotatable bonds is 2. The zero-order chi connectivity index (χ0) is 9.97. The van der Waals surface area contributed by atoms with E-state index in [4.69, 9.17) is 0 Å². The van der Waals surface area contributed by atoms with Crippen molar-refractivity contribution < 1.29 is 0 Å². The van der Waals surface area contributed by atoms with Gasteiger partial charge in [-0.15, -0.1) is 0 Å². The van der Waals surface area contributed by atoms with Crippen molar-refractivity contribution in [2.24, 2.45) is 5.92 Å². The maximum Gasteiger partial charge on any atom is 0.181 e. The fraction of sp³-hybridized carbons (Fsp3) is 0.300. The molecule has 2 aromatic rings. The third-order valence-electron chi connectivity index (χ3n) is 1.82. The van der Waals surface area contributed by atoms with E-state index in [1.54, 1.807) is 12.5 Å². The molecule has 0 atom stereocenters. The fourth-order valence-electron chi connectivity index (χ4n) is 1.11. The Hall–Kier alpha value is -1.71. The van der Waals surface area contributed by atoms with Crippen molar-refractivity contribution in [3.8, 4) is 0 Å². The Morgan fingerprint density at radius 3 is 3.00 bits per heavy atom. The molecule has 2 rings (SSSR count). The molecule has 2 aromatic heterocycles. The van der Waals surface area contributed by atoms with Crippen LogP contribution >= 0.6 is 0 Å². The molecule has 0 saturated heterocycles. The molecule has 4 heteroatoms. The first-order valence-corrected chi connectivity index (χ1v) is 4.60. The first-order valence-electron chi connectivity index (χ1n) is 4.60. The molecule has 0 aliphatic carbocycles. The summed E-state index contributed by atoms with van der Waals surface area (Å²) < 4.78 is 0. The van der Waals surface area contributed by atoms with Crippen LogP contribution in [0.2, 0.25) is 0 Å². The van der Waals surface area contributed by atoms with Gasteiger partial charge < -0.3 is 4.98 Å². The number of H-pyrrole nitrogens is 1. The smallest absolute Gasteiger partial charge is 0.181 e. The number of fused-ring (bicyclic) bond motifs is 1. The van der Waals surface area contributed by atoms with Gasteiger partial charge in [0.25, 0.3) is 0 Å². The summed E-state index contributed by atoms with van der Waals surface area (Å²) in [5, 5.41) is 0. The van der Waals surface area contributed by atoms with Crippen molar-refractivity contribution in [3.05, 3.63) is 24.4 Å². The third kappa shape index (κ3) is 1.79. The van der Waals surface area contributed by atoms with Crippen molar-refractivity contribution in [2.45, 2.75) is 13.8 Å². The molecule has 0 saturated carbocycles. The second-order valence-corrected chi connectivity index (χ2v) is 3.47. The summed E-state index contributed by atoms with van der Waals surface area (Å²) >= 11 is 0. The molecule has 72 valence electrons. The van der Waals surface area contributed by atoms with Gasteiger partial charge >= 0.3 is 0 Å². The van der Waals surface area contributed by atoms with Crippen LogP contribution in [0.1, 0.15) is 19.7 Å². The van der Waals surface area contributed by atoms with E-state index in [2.05, 4.69) is 39.9 Å². The minimum atomic E-state index is 0.508. The second-order valence-electron chi connectivity index (χ2n) is 3.47. The molecule has 0 aliphatic rings. The molecule has 0 amide bonds. The van der Waals surface area contributed by atoms with Gasteiger partial charge in [-0.05, 0) is 12.0 Å². The molecule has 0 radical (unpaired) electrons. The maximum absolute atomic E-state index is 4.27. The highest BCUT2D eigenvalue weighted by Crippen LogP contribution is 2.06. The van der Waals surface area contributed by atoms with Gasteiger partial charge in [-0.2, -0.15) is 0 Å². The van der Waals surface area contributed by atoms with Crippen molar-refractivity contribution in [1.82, 2.24) is 19.9 Å². The molecule has 0 unspecified atom stereocenters. The third-order valence-corrected chi connectivity index (χ3v) is 1.82. The van der Waals surface area contributed by atoms with Crippen molar-refractivity contribution in [2.75, 3.05) is 0 Å². The van der Waals surface area contributed by atoms with Gasteiger partial charge in [0.2, 0.25) is 0 Å². The average molecular weight is 188 g/mol. The molecule has 0 aromatic carbocycles. The molecule has 0 aliphatic heterocycles. The molecule has 0 fully saturated rings. The highest BCUT2D eigenvalue weighted by atomic mass is 15.0. The predicted molar refractivity (Wildman–Crippen MR) is 55.6 cm³/mol. The zero-order valence-electron chi connectivity index (χ0n) is 8.23. The second kappa shape index (κ2) is 3.57. The fourth-order valence-corrected chi connectivity index (χ4v) is 1.11. The van der Waals surface area contributed by atoms with E-state index in [0.717, 1.165) is 5.52 Å². The predicted octanol–water partition coefficient (Wildman–Crippen LogP) is 2.02. The SMILES string of the molecule is CC(C)C=Cc1ncc2[nH]cnc2n1. The molecule has 2 heterocycles. The number of aromatic nitrogens is 4. The number of allylic oxidation sites excluding steroid dienone is 1. The van der Waals surface area contributed by atoms with Crippen LogP contribution in [0, 0.1) is 5.92 Å². The largest absolute Gasteiger partial charge is 0.342 e. The quantitative estimate of drug-likeness (QED) is 0.784. The molecule has 0 bridgehead atoms. The lowest BCUT2D eigenvalue weighted by atomic mass is 10.2. The summed E-state index contributed by atoms with van der Waals surface area (Å²) in [4.78, 5) is 15.5. The summed E-state index contributed by atoms with van der Waals surface area (Å²) in [5.74, 6) is 1.21. The Balaban J connectivity index is 2.34. The van der Waals surface area contributed by atoms with Crippen molar-refractivity contribution >= 4 is 17.2 Å². The Bertz CT molecular complexity index is 456. The minimum Gasteiger partial charge on any atom is -0.342 e. The lowest BCUT2D eigenvalue weighted by molar-refractivity contribution is 0.835. The summed E-state index contributed by atoms with van der Waals surface area (Å²) in [6.07, 6.45) is 7.34. The van der Waals surface area contributed by atoms with Gasteiger partial charge in [-0.3, -0.25) is 0 Å². The number of nitrogens with zero attached hydrogens (tertiary/aromatic N) is 3. The summed E-state index contributed by atoms with van der Waals surface area (Å²) in [6.45, 7) is 4.23. The van der Waals surface area contributed by atoms with Gasteiger partial charge in [0.05, 0.1) is 12.5 Å². The Kier molecular flexibility index (Phi) is 2.26. The van der Waals surface area contributed by atoms with Crippen molar-refractivity contribution in [3.63, 3.8) is 0 Å². The Labute approximate surface area is 82.1 Å². The van der Waals surface area contributed by atoms with Crippen LogP contribution in [-0.4, -0.2) is 19.9 Å². The number of nitrogens with one attached hydrogen (secondary N) is 1. The first-order chi connectivity index (χ1) is 6.75. The topological polar surface area (TPSA) is 54.5 Å². The Morgan fingerprint density at radius 1 is 1.36 bits per heavy atom. The average Bonchev–Trinajstić information content (AvgIpc) is 2.61. The molecular formula is C10H12N4. The highest BCUT2D eigenvalue weighted by molar-refractivity contribution is 5.69. The van der Waals surface area contributed by atoms with Gasteiger partial charge in [0.1, 0.15) is 5.52 Å². The number of hydrogen-bond acceptors (Lipinski definition) is 3. The summed E-state index contributed by atoms with van der Waals surface area (Å²) in [7, 11) is 0. The molecule has 14 heavy (non-hydrogen) atoms. The minimum absolute atomic E-state index is 0.508. The van der Waals surface area contributed by atoms with Gasteiger partial charge in [0, 0.05) is 0 Å². The zero-order valence-corrected chi connectivity index (χ0v) is 8.23. The van der Waals surface area contributed by atoms with Crippen LogP contribution in [0.3, 0.4) is 0 Å². The molecular weight excluding hydrogens is 176 g/mol. The normalized spacial score (nSPS) is 11.9. The highest BCUT2D eigenvalue weighted by Gasteiger charge is 1.98. The van der Waals surface area contributed by atoms with Crippen LogP contribution in [0.5, 0.6) is 0 Å². The monoisotopic (exact) mass is 188 g/mol. The number of aromatic amines is 1. The molecule has 4 nitrogen and oxygen atoms in total. The van der Waals surface area contributed by atoms with Gasteiger partial charge in [-0.25, -0.2) is 15.0 Å². The Morgan fingerprint density at radius 2 is 2.21 bits per heavy atom. The van der Waals surface area contributed by atoms with Crippen LogP contribution in [0.25, 0.3) is 17.2 Å². The van der Waals surface area contributed by atoms with E-state index in [-0.39, 0.29) is 0 Å². The lowest BCUT2D eigenvalue weighted by Crippen LogP contribution is -1.88. The number of imidazole rings is 1.